The van der Waals surface area contributed by atoms with Crippen molar-refractivity contribution in [3.63, 3.8) is 0 Å². The Hall–Kier alpha value is -1.74. The molecule has 0 spiro atoms. The lowest BCUT2D eigenvalue weighted by molar-refractivity contribution is 0.474. The third-order valence-electron chi connectivity index (χ3n) is 3.31. The molecule has 0 saturated heterocycles. The fourth-order valence-electron chi connectivity index (χ4n) is 2.38. The third kappa shape index (κ3) is 4.14. The van der Waals surface area contributed by atoms with E-state index >= 15 is 0 Å². The second-order valence-corrected chi connectivity index (χ2v) is 5.18. The van der Waals surface area contributed by atoms with Crippen molar-refractivity contribution in [1.82, 2.24) is 5.32 Å². The average molecular weight is 275 g/mol. The Morgan fingerprint density at radius 3 is 2.25 bits per heavy atom. The molecule has 2 rings (SSSR count). The summed E-state index contributed by atoms with van der Waals surface area (Å²) in [5.41, 5.74) is 1.87. The summed E-state index contributed by atoms with van der Waals surface area (Å²) in [6, 6.07) is 13.4. The van der Waals surface area contributed by atoms with Crippen LogP contribution in [-0.4, -0.2) is 6.04 Å². The molecule has 0 fully saturated rings. The normalized spacial score (nSPS) is 14.0. The zero-order valence-electron chi connectivity index (χ0n) is 11.7. The van der Waals surface area contributed by atoms with Crippen LogP contribution in [0.15, 0.2) is 48.5 Å². The van der Waals surface area contributed by atoms with Gasteiger partial charge in [0, 0.05) is 12.1 Å². The van der Waals surface area contributed by atoms with Gasteiger partial charge >= 0.3 is 0 Å². The fraction of sp³-hybridized carbons (Fsp3) is 0.294. The molecule has 2 aromatic carbocycles. The Morgan fingerprint density at radius 1 is 0.950 bits per heavy atom. The molecule has 0 radical (unpaired) electrons. The summed E-state index contributed by atoms with van der Waals surface area (Å²) >= 11 is 0. The van der Waals surface area contributed by atoms with Crippen molar-refractivity contribution >= 4 is 0 Å². The van der Waals surface area contributed by atoms with Gasteiger partial charge in [-0.05, 0) is 55.7 Å². The highest BCUT2D eigenvalue weighted by atomic mass is 19.1. The van der Waals surface area contributed by atoms with Crippen LogP contribution in [0.1, 0.15) is 31.0 Å². The van der Waals surface area contributed by atoms with Gasteiger partial charge in [0.05, 0.1) is 0 Å². The predicted octanol–water partition coefficient (Wildman–Crippen LogP) is 4.25. The van der Waals surface area contributed by atoms with Gasteiger partial charge in [-0.2, -0.15) is 0 Å². The lowest BCUT2D eigenvalue weighted by Crippen LogP contribution is -2.30. The maximum Gasteiger partial charge on any atom is 0.123 e. The molecule has 0 bridgehead atoms. The van der Waals surface area contributed by atoms with E-state index in [-0.39, 0.29) is 23.7 Å². The topological polar surface area (TPSA) is 12.0 Å². The monoisotopic (exact) mass is 275 g/mol. The summed E-state index contributed by atoms with van der Waals surface area (Å²) in [5, 5.41) is 3.40. The number of rotatable bonds is 5. The Bertz CT molecular complexity index is 568. The van der Waals surface area contributed by atoms with E-state index in [1.54, 1.807) is 18.2 Å². The molecule has 3 heteroatoms. The van der Waals surface area contributed by atoms with Crippen molar-refractivity contribution in [2.75, 3.05) is 0 Å². The summed E-state index contributed by atoms with van der Waals surface area (Å²) in [7, 11) is 0. The molecular weight excluding hydrogens is 256 g/mol. The van der Waals surface area contributed by atoms with Gasteiger partial charge in [-0.3, -0.25) is 0 Å². The van der Waals surface area contributed by atoms with E-state index in [1.807, 2.05) is 26.0 Å². The Morgan fingerprint density at radius 2 is 1.60 bits per heavy atom. The molecule has 20 heavy (non-hydrogen) atoms. The summed E-state index contributed by atoms with van der Waals surface area (Å²) < 4.78 is 26.3. The summed E-state index contributed by atoms with van der Waals surface area (Å²) in [4.78, 5) is 0. The van der Waals surface area contributed by atoms with Gasteiger partial charge in [0.15, 0.2) is 0 Å². The number of hydrogen-bond acceptors (Lipinski definition) is 1. The second-order valence-electron chi connectivity index (χ2n) is 5.18. The largest absolute Gasteiger partial charge is 0.307 e. The van der Waals surface area contributed by atoms with Gasteiger partial charge in [-0.25, -0.2) is 8.78 Å². The lowest BCUT2D eigenvalue weighted by Gasteiger charge is -2.20. The highest BCUT2D eigenvalue weighted by molar-refractivity contribution is 5.20. The van der Waals surface area contributed by atoms with Crippen molar-refractivity contribution in [3.05, 3.63) is 71.3 Å². The quantitative estimate of drug-likeness (QED) is 0.860. The smallest absolute Gasteiger partial charge is 0.123 e. The van der Waals surface area contributed by atoms with Crippen LogP contribution in [0, 0.1) is 11.6 Å². The van der Waals surface area contributed by atoms with Crippen molar-refractivity contribution in [2.45, 2.75) is 32.4 Å². The van der Waals surface area contributed by atoms with Gasteiger partial charge in [0.2, 0.25) is 0 Å². The van der Waals surface area contributed by atoms with E-state index < -0.39 is 0 Å². The maximum absolute atomic E-state index is 13.2. The Labute approximate surface area is 118 Å². The van der Waals surface area contributed by atoms with Crippen LogP contribution < -0.4 is 5.32 Å². The Kier molecular flexibility index (Phi) is 4.85. The van der Waals surface area contributed by atoms with E-state index in [9.17, 15) is 8.78 Å². The minimum Gasteiger partial charge on any atom is -0.307 e. The van der Waals surface area contributed by atoms with E-state index in [2.05, 4.69) is 5.32 Å². The summed E-state index contributed by atoms with van der Waals surface area (Å²) in [6.45, 7) is 4.04. The van der Waals surface area contributed by atoms with Crippen molar-refractivity contribution < 1.29 is 8.78 Å². The molecule has 2 unspecified atom stereocenters. The number of nitrogens with one attached hydrogen (secondary N) is 1. The van der Waals surface area contributed by atoms with Crippen molar-refractivity contribution in [2.24, 2.45) is 0 Å². The molecule has 0 amide bonds. The molecule has 0 heterocycles. The predicted molar refractivity (Wildman–Crippen MR) is 77.5 cm³/mol. The average Bonchev–Trinajstić information content (AvgIpc) is 2.38. The summed E-state index contributed by atoms with van der Waals surface area (Å²) in [6.07, 6.45) is 0.734. The van der Waals surface area contributed by atoms with E-state index in [0.717, 1.165) is 17.5 Å². The third-order valence-corrected chi connectivity index (χ3v) is 3.31. The summed E-state index contributed by atoms with van der Waals surface area (Å²) in [5.74, 6) is -0.443. The van der Waals surface area contributed by atoms with Crippen LogP contribution >= 0.6 is 0 Å². The second kappa shape index (κ2) is 6.62. The molecule has 2 atom stereocenters. The van der Waals surface area contributed by atoms with E-state index in [4.69, 9.17) is 0 Å². The van der Waals surface area contributed by atoms with E-state index in [0.29, 0.717) is 0 Å². The molecule has 0 aliphatic carbocycles. The highest BCUT2D eigenvalue weighted by Gasteiger charge is 2.10. The molecule has 1 N–H and O–H groups in total. The van der Waals surface area contributed by atoms with Crippen molar-refractivity contribution in [1.29, 1.82) is 0 Å². The molecule has 2 aromatic rings. The van der Waals surface area contributed by atoms with Gasteiger partial charge < -0.3 is 5.32 Å². The zero-order valence-corrected chi connectivity index (χ0v) is 11.7. The van der Waals surface area contributed by atoms with Crippen LogP contribution in [0.25, 0.3) is 0 Å². The van der Waals surface area contributed by atoms with Gasteiger partial charge in [-0.15, -0.1) is 0 Å². The first-order valence-electron chi connectivity index (χ1n) is 6.80. The molecule has 106 valence electrons. The standard InChI is InChI=1S/C17H19F2N/c1-12(9-14-5-3-7-16(18)10-14)20-13(2)15-6-4-8-17(19)11-15/h3-8,10-13,20H,9H2,1-2H3. The zero-order chi connectivity index (χ0) is 14.5. The maximum atomic E-state index is 13.2. The van der Waals surface area contributed by atoms with E-state index in [1.165, 1.54) is 18.2 Å². The highest BCUT2D eigenvalue weighted by Crippen LogP contribution is 2.15. The fourth-order valence-corrected chi connectivity index (χ4v) is 2.38. The SMILES string of the molecule is CC(Cc1cccc(F)c1)NC(C)c1cccc(F)c1. The van der Waals surface area contributed by atoms with Gasteiger partial charge in [0.25, 0.3) is 0 Å². The van der Waals surface area contributed by atoms with Crippen LogP contribution in [0.2, 0.25) is 0 Å². The van der Waals surface area contributed by atoms with Gasteiger partial charge in [0.1, 0.15) is 11.6 Å². The molecule has 0 aliphatic heterocycles. The number of hydrogen-bond donors (Lipinski definition) is 1. The first kappa shape index (κ1) is 14.7. The van der Waals surface area contributed by atoms with Crippen LogP contribution in [0.5, 0.6) is 0 Å². The minimum atomic E-state index is -0.228. The lowest BCUT2D eigenvalue weighted by atomic mass is 10.0. The molecule has 1 nitrogen and oxygen atoms in total. The van der Waals surface area contributed by atoms with Crippen LogP contribution in [0.3, 0.4) is 0 Å². The molecule has 0 aliphatic rings. The number of benzene rings is 2. The minimum absolute atomic E-state index is 0.0502. The van der Waals surface area contributed by atoms with Crippen molar-refractivity contribution in [3.8, 4) is 0 Å². The van der Waals surface area contributed by atoms with Gasteiger partial charge in [-0.1, -0.05) is 24.3 Å². The van der Waals surface area contributed by atoms with Crippen LogP contribution in [-0.2, 0) is 6.42 Å². The Balaban J connectivity index is 1.95. The van der Waals surface area contributed by atoms with Crippen LogP contribution in [0.4, 0.5) is 8.78 Å². The molecule has 0 aromatic heterocycles. The molecule has 0 saturated carbocycles. The molecular formula is C17H19F2N. The first-order valence-corrected chi connectivity index (χ1v) is 6.80. The first-order chi connectivity index (χ1) is 9.54. The number of halogens is 2.